The van der Waals surface area contributed by atoms with Crippen molar-refractivity contribution >= 4 is 17.3 Å². The molecule has 0 aliphatic carbocycles. The highest BCUT2D eigenvalue weighted by atomic mass is 19.1. The molecule has 0 fully saturated rings. The lowest BCUT2D eigenvalue weighted by molar-refractivity contribution is 0.102. The average molecular weight is 244 g/mol. The highest BCUT2D eigenvalue weighted by Crippen LogP contribution is 2.22. The SMILES string of the molecule is Cc1ccc(C(=O)Nc2c(N)cccc2F)cc1. The van der Waals surface area contributed by atoms with Crippen LogP contribution >= 0.6 is 0 Å². The lowest BCUT2D eigenvalue weighted by Gasteiger charge is -2.09. The molecule has 2 aromatic carbocycles. The number of rotatable bonds is 2. The van der Waals surface area contributed by atoms with Crippen molar-refractivity contribution in [2.45, 2.75) is 6.92 Å². The third-order valence-corrected chi connectivity index (χ3v) is 2.60. The fourth-order valence-corrected chi connectivity index (χ4v) is 1.56. The van der Waals surface area contributed by atoms with Crippen LogP contribution in [-0.4, -0.2) is 5.91 Å². The molecule has 4 heteroatoms. The number of amides is 1. The van der Waals surface area contributed by atoms with Crippen LogP contribution in [0.4, 0.5) is 15.8 Å². The van der Waals surface area contributed by atoms with Crippen molar-refractivity contribution in [2.75, 3.05) is 11.1 Å². The molecule has 0 saturated heterocycles. The molecular weight excluding hydrogens is 231 g/mol. The molecule has 0 radical (unpaired) electrons. The number of anilines is 2. The van der Waals surface area contributed by atoms with Gasteiger partial charge in [-0.15, -0.1) is 0 Å². The summed E-state index contributed by atoms with van der Waals surface area (Å²) in [6.45, 7) is 1.93. The van der Waals surface area contributed by atoms with Crippen LogP contribution in [-0.2, 0) is 0 Å². The zero-order chi connectivity index (χ0) is 13.1. The van der Waals surface area contributed by atoms with E-state index in [2.05, 4.69) is 5.32 Å². The van der Waals surface area contributed by atoms with Crippen LogP contribution in [0, 0.1) is 12.7 Å². The van der Waals surface area contributed by atoms with Crippen LogP contribution in [0.25, 0.3) is 0 Å². The number of nitrogens with two attached hydrogens (primary N) is 1. The van der Waals surface area contributed by atoms with Crippen LogP contribution in [0.3, 0.4) is 0 Å². The van der Waals surface area contributed by atoms with Crippen molar-refractivity contribution in [1.29, 1.82) is 0 Å². The second kappa shape index (κ2) is 4.87. The van der Waals surface area contributed by atoms with Crippen molar-refractivity contribution in [2.24, 2.45) is 0 Å². The van der Waals surface area contributed by atoms with Crippen LogP contribution in [0.1, 0.15) is 15.9 Å². The largest absolute Gasteiger partial charge is 0.397 e. The van der Waals surface area contributed by atoms with Gasteiger partial charge in [-0.25, -0.2) is 4.39 Å². The first-order valence-corrected chi connectivity index (χ1v) is 5.50. The van der Waals surface area contributed by atoms with Gasteiger partial charge in [-0.1, -0.05) is 23.8 Å². The molecule has 0 aromatic heterocycles. The minimum atomic E-state index is -0.546. The van der Waals surface area contributed by atoms with Gasteiger partial charge in [-0.05, 0) is 31.2 Å². The van der Waals surface area contributed by atoms with E-state index in [0.717, 1.165) is 5.56 Å². The highest BCUT2D eigenvalue weighted by Gasteiger charge is 2.11. The van der Waals surface area contributed by atoms with Crippen molar-refractivity contribution in [3.8, 4) is 0 Å². The summed E-state index contributed by atoms with van der Waals surface area (Å²) in [6.07, 6.45) is 0. The number of hydrogen-bond acceptors (Lipinski definition) is 2. The molecule has 3 nitrogen and oxygen atoms in total. The molecule has 0 heterocycles. The van der Waals surface area contributed by atoms with Gasteiger partial charge < -0.3 is 11.1 Å². The van der Waals surface area contributed by atoms with Gasteiger partial charge in [0.25, 0.3) is 5.91 Å². The molecular formula is C14H13FN2O. The predicted molar refractivity (Wildman–Crippen MR) is 69.9 cm³/mol. The van der Waals surface area contributed by atoms with Crippen LogP contribution < -0.4 is 11.1 Å². The van der Waals surface area contributed by atoms with Gasteiger partial charge in [0.15, 0.2) is 0 Å². The average Bonchev–Trinajstić information content (AvgIpc) is 2.34. The monoisotopic (exact) mass is 244 g/mol. The maximum absolute atomic E-state index is 13.5. The van der Waals surface area contributed by atoms with Gasteiger partial charge >= 0.3 is 0 Å². The number of carbonyl (C=O) groups excluding carboxylic acids is 1. The normalized spacial score (nSPS) is 10.1. The standard InChI is InChI=1S/C14H13FN2O/c1-9-5-7-10(8-6-9)14(18)17-13-11(15)3-2-4-12(13)16/h2-8H,16H2,1H3,(H,17,18). The van der Waals surface area contributed by atoms with Gasteiger partial charge in [0.05, 0.1) is 5.69 Å². The highest BCUT2D eigenvalue weighted by molar-refractivity contribution is 6.05. The first-order chi connectivity index (χ1) is 8.58. The summed E-state index contributed by atoms with van der Waals surface area (Å²) in [6, 6.07) is 11.3. The number of nitrogen functional groups attached to an aromatic ring is 1. The van der Waals surface area contributed by atoms with Crippen LogP contribution in [0.15, 0.2) is 42.5 Å². The first-order valence-electron chi connectivity index (χ1n) is 5.50. The zero-order valence-electron chi connectivity index (χ0n) is 9.91. The Morgan fingerprint density at radius 1 is 1.17 bits per heavy atom. The van der Waals surface area contributed by atoms with E-state index in [4.69, 9.17) is 5.73 Å². The number of benzene rings is 2. The smallest absolute Gasteiger partial charge is 0.255 e. The Kier molecular flexibility index (Phi) is 3.28. The van der Waals surface area contributed by atoms with Crippen molar-refractivity contribution < 1.29 is 9.18 Å². The number of halogens is 1. The Morgan fingerprint density at radius 3 is 2.44 bits per heavy atom. The summed E-state index contributed by atoms with van der Waals surface area (Å²) in [5.41, 5.74) is 7.35. The number of hydrogen-bond donors (Lipinski definition) is 2. The van der Waals surface area contributed by atoms with Gasteiger partial charge in [-0.2, -0.15) is 0 Å². The Bertz CT molecular complexity index is 559. The summed E-state index contributed by atoms with van der Waals surface area (Å²) in [5, 5.41) is 2.48. The van der Waals surface area contributed by atoms with E-state index < -0.39 is 5.82 Å². The minimum absolute atomic E-state index is 0.0167. The third-order valence-electron chi connectivity index (χ3n) is 2.60. The Balaban J connectivity index is 2.24. The molecule has 18 heavy (non-hydrogen) atoms. The number of nitrogens with one attached hydrogen (secondary N) is 1. The van der Waals surface area contributed by atoms with Gasteiger partial charge in [0.1, 0.15) is 11.5 Å². The first kappa shape index (κ1) is 12.1. The molecule has 92 valence electrons. The molecule has 0 bridgehead atoms. The fourth-order valence-electron chi connectivity index (χ4n) is 1.56. The minimum Gasteiger partial charge on any atom is -0.397 e. The second-order valence-corrected chi connectivity index (χ2v) is 4.02. The van der Waals surface area contributed by atoms with Gasteiger partial charge in [0.2, 0.25) is 0 Å². The van der Waals surface area contributed by atoms with Gasteiger partial charge in [-0.3, -0.25) is 4.79 Å². The predicted octanol–water partition coefficient (Wildman–Crippen LogP) is 2.97. The molecule has 0 aliphatic heterocycles. The molecule has 0 aliphatic rings. The summed E-state index contributed by atoms with van der Waals surface area (Å²) in [4.78, 5) is 11.9. The van der Waals surface area contributed by atoms with E-state index in [0.29, 0.717) is 5.56 Å². The fraction of sp³-hybridized carbons (Fsp3) is 0.0714. The summed E-state index contributed by atoms with van der Waals surface area (Å²) in [7, 11) is 0. The third kappa shape index (κ3) is 2.48. The molecule has 3 N–H and O–H groups in total. The van der Waals surface area contributed by atoms with Crippen LogP contribution in [0.2, 0.25) is 0 Å². The van der Waals surface area contributed by atoms with E-state index in [9.17, 15) is 9.18 Å². The molecule has 0 unspecified atom stereocenters. The molecule has 2 aromatic rings. The van der Waals surface area contributed by atoms with E-state index in [-0.39, 0.29) is 17.3 Å². The van der Waals surface area contributed by atoms with Crippen molar-refractivity contribution in [1.82, 2.24) is 0 Å². The van der Waals surface area contributed by atoms with E-state index in [1.165, 1.54) is 18.2 Å². The second-order valence-electron chi connectivity index (χ2n) is 4.02. The lowest BCUT2D eigenvalue weighted by atomic mass is 10.1. The molecule has 1 amide bonds. The number of carbonyl (C=O) groups is 1. The Hall–Kier alpha value is -2.36. The Morgan fingerprint density at radius 2 is 1.83 bits per heavy atom. The van der Waals surface area contributed by atoms with Crippen molar-refractivity contribution in [3.63, 3.8) is 0 Å². The summed E-state index contributed by atoms with van der Waals surface area (Å²) >= 11 is 0. The molecule has 0 atom stereocenters. The zero-order valence-corrected chi connectivity index (χ0v) is 9.91. The number of para-hydroxylation sites is 1. The van der Waals surface area contributed by atoms with Crippen molar-refractivity contribution in [3.05, 3.63) is 59.4 Å². The van der Waals surface area contributed by atoms with Gasteiger partial charge in [0, 0.05) is 5.56 Å². The Labute approximate surface area is 104 Å². The topological polar surface area (TPSA) is 55.1 Å². The molecule has 0 spiro atoms. The molecule has 0 saturated carbocycles. The van der Waals surface area contributed by atoms with E-state index in [1.807, 2.05) is 19.1 Å². The quantitative estimate of drug-likeness (QED) is 0.798. The van der Waals surface area contributed by atoms with E-state index in [1.54, 1.807) is 12.1 Å². The summed E-state index contributed by atoms with van der Waals surface area (Å²) < 4.78 is 13.5. The maximum Gasteiger partial charge on any atom is 0.255 e. The number of aryl methyl sites for hydroxylation is 1. The maximum atomic E-state index is 13.5. The molecule has 2 rings (SSSR count). The van der Waals surface area contributed by atoms with Crippen LogP contribution in [0.5, 0.6) is 0 Å². The lowest BCUT2D eigenvalue weighted by Crippen LogP contribution is -2.14. The van der Waals surface area contributed by atoms with E-state index >= 15 is 0 Å². The summed E-state index contributed by atoms with van der Waals surface area (Å²) in [5.74, 6) is -0.928.